The zero-order valence-corrected chi connectivity index (χ0v) is 11.2. The van der Waals surface area contributed by atoms with Crippen LogP contribution in [0.4, 0.5) is 5.69 Å². The summed E-state index contributed by atoms with van der Waals surface area (Å²) in [5, 5.41) is 5.23. The number of carbonyl (C=O) groups excluding carboxylic acids is 2. The molecule has 0 saturated heterocycles. The van der Waals surface area contributed by atoms with Crippen LogP contribution in [0.3, 0.4) is 0 Å². The number of halogens is 2. The summed E-state index contributed by atoms with van der Waals surface area (Å²) >= 11 is 5.39. The van der Waals surface area contributed by atoms with Crippen molar-refractivity contribution in [2.45, 2.75) is 0 Å². The summed E-state index contributed by atoms with van der Waals surface area (Å²) in [6.45, 7) is 0.0151. The van der Waals surface area contributed by atoms with Gasteiger partial charge in [0.25, 0.3) is 5.91 Å². The molecule has 0 aromatic heterocycles. The van der Waals surface area contributed by atoms with Gasteiger partial charge in [0.1, 0.15) is 0 Å². The van der Waals surface area contributed by atoms with Gasteiger partial charge in [-0.15, -0.1) is 0 Å². The fraction of sp³-hybridized carbons (Fsp3) is 0.111. The Hall–Kier alpha value is -0.630. The Kier molecular flexibility index (Phi) is 2.96. The van der Waals surface area contributed by atoms with E-state index < -0.39 is 0 Å². The highest BCUT2D eigenvalue weighted by Crippen LogP contribution is 2.28. The first-order chi connectivity index (χ1) is 7.08. The van der Waals surface area contributed by atoms with Crippen molar-refractivity contribution in [1.82, 2.24) is 5.32 Å². The van der Waals surface area contributed by atoms with E-state index in [4.69, 9.17) is 0 Å². The van der Waals surface area contributed by atoms with E-state index in [2.05, 4.69) is 49.2 Å². The van der Waals surface area contributed by atoms with Crippen LogP contribution >= 0.6 is 38.5 Å². The number of benzene rings is 1. The SMILES string of the molecule is O=C1CNC(=O)c2cc(Br)cc(I)c2N1. The average molecular weight is 381 g/mol. The molecule has 2 amide bonds. The summed E-state index contributed by atoms with van der Waals surface area (Å²) in [6.07, 6.45) is 0. The molecule has 0 bridgehead atoms. The van der Waals surface area contributed by atoms with Gasteiger partial charge >= 0.3 is 0 Å². The standard InChI is InChI=1S/C9H6BrIN2O2/c10-4-1-5-8(6(11)2-4)13-7(14)3-12-9(5)15/h1-2H,3H2,(H,12,15)(H,13,14). The fourth-order valence-corrected chi connectivity index (χ4v) is 2.97. The van der Waals surface area contributed by atoms with E-state index in [0.717, 1.165) is 8.04 Å². The Morgan fingerprint density at radius 2 is 2.07 bits per heavy atom. The number of anilines is 1. The highest BCUT2D eigenvalue weighted by atomic mass is 127. The molecule has 1 aromatic rings. The van der Waals surface area contributed by atoms with Crippen molar-refractivity contribution in [2.75, 3.05) is 11.9 Å². The number of nitrogens with one attached hydrogen (secondary N) is 2. The van der Waals surface area contributed by atoms with Gasteiger partial charge in [0.2, 0.25) is 5.91 Å². The summed E-state index contributed by atoms with van der Waals surface area (Å²) in [7, 11) is 0. The van der Waals surface area contributed by atoms with Crippen LogP contribution in [0.2, 0.25) is 0 Å². The molecule has 1 heterocycles. The first-order valence-corrected chi connectivity index (χ1v) is 6.02. The largest absolute Gasteiger partial charge is 0.343 e. The molecule has 0 spiro atoms. The lowest BCUT2D eigenvalue weighted by Gasteiger charge is -2.08. The highest BCUT2D eigenvalue weighted by molar-refractivity contribution is 14.1. The number of fused-ring (bicyclic) bond motifs is 1. The number of rotatable bonds is 0. The normalized spacial score (nSPS) is 15.1. The van der Waals surface area contributed by atoms with Gasteiger partial charge < -0.3 is 10.6 Å². The van der Waals surface area contributed by atoms with Gasteiger partial charge in [-0.2, -0.15) is 0 Å². The van der Waals surface area contributed by atoms with Crippen molar-refractivity contribution in [3.8, 4) is 0 Å². The molecule has 0 atom stereocenters. The molecule has 0 saturated carbocycles. The molecular formula is C9H6BrIN2O2. The quantitative estimate of drug-likeness (QED) is 0.673. The van der Waals surface area contributed by atoms with Crippen LogP contribution in [-0.4, -0.2) is 18.4 Å². The maximum absolute atomic E-state index is 11.6. The molecule has 2 N–H and O–H groups in total. The number of carbonyl (C=O) groups is 2. The van der Waals surface area contributed by atoms with Gasteiger partial charge in [0.15, 0.2) is 0 Å². The van der Waals surface area contributed by atoms with E-state index in [1.165, 1.54) is 0 Å². The van der Waals surface area contributed by atoms with Crippen LogP contribution in [0.1, 0.15) is 10.4 Å². The van der Waals surface area contributed by atoms with Gasteiger partial charge in [-0.3, -0.25) is 9.59 Å². The zero-order chi connectivity index (χ0) is 11.0. The Balaban J connectivity index is 2.61. The molecule has 0 unspecified atom stereocenters. The molecule has 0 aliphatic carbocycles. The van der Waals surface area contributed by atoms with Crippen molar-refractivity contribution < 1.29 is 9.59 Å². The minimum Gasteiger partial charge on any atom is -0.343 e. The van der Waals surface area contributed by atoms with Crippen molar-refractivity contribution >= 4 is 56.0 Å². The van der Waals surface area contributed by atoms with Crippen molar-refractivity contribution in [3.05, 3.63) is 25.7 Å². The molecular weight excluding hydrogens is 375 g/mol. The van der Waals surface area contributed by atoms with Gasteiger partial charge in [-0.05, 0) is 34.7 Å². The lowest BCUT2D eigenvalue weighted by atomic mass is 10.1. The maximum Gasteiger partial charge on any atom is 0.253 e. The predicted octanol–water partition coefficient (Wildman–Crippen LogP) is 1.74. The molecule has 15 heavy (non-hydrogen) atoms. The third kappa shape index (κ3) is 2.15. The second-order valence-corrected chi connectivity index (χ2v) is 5.12. The Labute approximate surface area is 108 Å². The van der Waals surface area contributed by atoms with Crippen molar-refractivity contribution in [2.24, 2.45) is 0 Å². The van der Waals surface area contributed by atoms with Crippen molar-refractivity contribution in [3.63, 3.8) is 0 Å². The summed E-state index contributed by atoms with van der Waals surface area (Å²) in [5.41, 5.74) is 1.07. The van der Waals surface area contributed by atoms with E-state index in [1.54, 1.807) is 6.07 Å². The van der Waals surface area contributed by atoms with E-state index >= 15 is 0 Å². The first kappa shape index (κ1) is 10.9. The summed E-state index contributed by atoms with van der Waals surface area (Å²) < 4.78 is 1.65. The molecule has 4 nitrogen and oxygen atoms in total. The number of amides is 2. The summed E-state index contributed by atoms with van der Waals surface area (Å²) in [5.74, 6) is -0.440. The summed E-state index contributed by atoms with van der Waals surface area (Å²) in [4.78, 5) is 22.9. The first-order valence-electron chi connectivity index (χ1n) is 4.15. The smallest absolute Gasteiger partial charge is 0.253 e. The monoisotopic (exact) mass is 380 g/mol. The molecule has 78 valence electrons. The van der Waals surface area contributed by atoms with Gasteiger partial charge in [0.05, 0.1) is 17.8 Å². The lowest BCUT2D eigenvalue weighted by Crippen LogP contribution is -2.28. The van der Waals surface area contributed by atoms with E-state index in [1.807, 2.05) is 6.07 Å². The molecule has 1 aliphatic heterocycles. The molecule has 0 fully saturated rings. The minimum absolute atomic E-state index is 0.0151. The van der Waals surface area contributed by atoms with Crippen LogP contribution in [-0.2, 0) is 4.79 Å². The van der Waals surface area contributed by atoms with Gasteiger partial charge in [-0.25, -0.2) is 0 Å². The van der Waals surface area contributed by atoms with E-state index in [-0.39, 0.29) is 18.4 Å². The highest BCUT2D eigenvalue weighted by Gasteiger charge is 2.21. The third-order valence-corrected chi connectivity index (χ3v) is 3.28. The van der Waals surface area contributed by atoms with Crippen LogP contribution < -0.4 is 10.6 Å². The van der Waals surface area contributed by atoms with Crippen LogP contribution in [0, 0.1) is 3.57 Å². The number of hydrogen-bond acceptors (Lipinski definition) is 2. The Morgan fingerprint density at radius 3 is 2.80 bits per heavy atom. The number of hydrogen-bond donors (Lipinski definition) is 2. The summed E-state index contributed by atoms with van der Waals surface area (Å²) in [6, 6.07) is 3.54. The zero-order valence-electron chi connectivity index (χ0n) is 7.43. The lowest BCUT2D eigenvalue weighted by molar-refractivity contribution is -0.115. The van der Waals surface area contributed by atoms with E-state index in [9.17, 15) is 9.59 Å². The fourth-order valence-electron chi connectivity index (χ4n) is 1.32. The van der Waals surface area contributed by atoms with Crippen LogP contribution in [0.15, 0.2) is 16.6 Å². The molecule has 1 aliphatic rings. The second-order valence-electron chi connectivity index (χ2n) is 3.04. The third-order valence-electron chi connectivity index (χ3n) is 1.97. The second kappa shape index (κ2) is 4.09. The molecule has 6 heteroatoms. The van der Waals surface area contributed by atoms with Crippen molar-refractivity contribution in [1.29, 1.82) is 0 Å². The predicted molar refractivity (Wildman–Crippen MR) is 67.8 cm³/mol. The molecule has 2 rings (SSSR count). The Morgan fingerprint density at radius 1 is 1.33 bits per heavy atom. The molecule has 1 aromatic carbocycles. The van der Waals surface area contributed by atoms with Gasteiger partial charge in [0, 0.05) is 8.04 Å². The minimum atomic E-state index is -0.234. The van der Waals surface area contributed by atoms with Gasteiger partial charge in [-0.1, -0.05) is 15.9 Å². The Bertz CT molecular complexity index is 462. The average Bonchev–Trinajstić information content (AvgIpc) is 2.30. The van der Waals surface area contributed by atoms with E-state index in [0.29, 0.717) is 11.3 Å². The van der Waals surface area contributed by atoms with Crippen LogP contribution in [0.25, 0.3) is 0 Å². The van der Waals surface area contributed by atoms with Crippen LogP contribution in [0.5, 0.6) is 0 Å². The topological polar surface area (TPSA) is 58.2 Å². The molecule has 0 radical (unpaired) electrons. The maximum atomic E-state index is 11.6.